The van der Waals surface area contributed by atoms with Gasteiger partial charge < -0.3 is 13.9 Å². The number of hydrogen-bond donors (Lipinski definition) is 0. The lowest BCUT2D eigenvalue weighted by Crippen LogP contribution is -2.10. The van der Waals surface area contributed by atoms with Crippen LogP contribution in [0.2, 0.25) is 0 Å². The van der Waals surface area contributed by atoms with Crippen LogP contribution in [-0.2, 0) is 4.74 Å². The molecule has 0 aromatic carbocycles. The van der Waals surface area contributed by atoms with Crippen LogP contribution in [0.4, 0.5) is 4.79 Å². The first-order valence-corrected chi connectivity index (χ1v) is 4.88. The highest BCUT2D eigenvalue weighted by atomic mass is 16.8. The summed E-state index contributed by atoms with van der Waals surface area (Å²) in [6, 6.07) is 3.47. The highest BCUT2D eigenvalue weighted by Crippen LogP contribution is 2.19. The van der Waals surface area contributed by atoms with Crippen molar-refractivity contribution in [2.45, 2.75) is 6.92 Å². The molecule has 2 heterocycles. The fourth-order valence-electron chi connectivity index (χ4n) is 1.08. The van der Waals surface area contributed by atoms with Gasteiger partial charge in [-0.3, -0.25) is 4.98 Å². The first-order chi connectivity index (χ1) is 8.29. The van der Waals surface area contributed by atoms with E-state index in [1.807, 2.05) is 0 Å². The summed E-state index contributed by atoms with van der Waals surface area (Å²) in [4.78, 5) is 14.9. The number of pyridine rings is 1. The van der Waals surface area contributed by atoms with E-state index in [1.54, 1.807) is 31.5 Å². The van der Waals surface area contributed by atoms with E-state index in [0.717, 1.165) is 0 Å². The molecule has 0 amide bonds. The van der Waals surface area contributed by atoms with E-state index in [4.69, 9.17) is 4.42 Å². The van der Waals surface area contributed by atoms with Gasteiger partial charge in [-0.25, -0.2) is 4.79 Å². The van der Waals surface area contributed by atoms with Gasteiger partial charge in [-0.05, 0) is 19.1 Å². The molecule has 0 unspecified atom stereocenters. The normalized spacial score (nSPS) is 9.94. The fourth-order valence-corrected chi connectivity index (χ4v) is 1.08. The number of nitrogens with zero attached hydrogens (tertiary/aromatic N) is 3. The van der Waals surface area contributed by atoms with Crippen molar-refractivity contribution in [2.24, 2.45) is 0 Å². The smallest absolute Gasteiger partial charge is 0.434 e. The zero-order valence-corrected chi connectivity index (χ0v) is 8.99. The molecule has 2 aromatic heterocycles. The molecule has 2 aromatic rings. The van der Waals surface area contributed by atoms with Gasteiger partial charge in [-0.15, -0.1) is 5.10 Å². The first kappa shape index (κ1) is 11.1. The van der Waals surface area contributed by atoms with Gasteiger partial charge in [0.2, 0.25) is 0 Å². The molecule has 2 rings (SSSR count). The molecule has 0 aliphatic heterocycles. The Morgan fingerprint density at radius 3 is 3.06 bits per heavy atom. The second-order valence-electron chi connectivity index (χ2n) is 2.90. The van der Waals surface area contributed by atoms with Gasteiger partial charge >= 0.3 is 12.2 Å². The molecule has 7 heteroatoms. The lowest BCUT2D eigenvalue weighted by atomic mass is 10.3. The van der Waals surface area contributed by atoms with Crippen LogP contribution in [0.15, 0.2) is 28.9 Å². The van der Waals surface area contributed by atoms with Gasteiger partial charge in [0, 0.05) is 12.4 Å². The minimum absolute atomic E-state index is 0.211. The second kappa shape index (κ2) is 5.06. The Hall–Kier alpha value is -2.44. The molecular weight excluding hydrogens is 226 g/mol. The predicted molar refractivity (Wildman–Crippen MR) is 55.2 cm³/mol. The van der Waals surface area contributed by atoms with Gasteiger partial charge in [-0.2, -0.15) is 0 Å². The van der Waals surface area contributed by atoms with Crippen LogP contribution in [0.5, 0.6) is 6.08 Å². The number of carbonyl (C=O) groups is 1. The molecule has 0 aliphatic rings. The summed E-state index contributed by atoms with van der Waals surface area (Å²) in [7, 11) is 0. The Morgan fingerprint density at radius 2 is 2.35 bits per heavy atom. The van der Waals surface area contributed by atoms with Crippen LogP contribution in [0.25, 0.3) is 11.5 Å². The highest BCUT2D eigenvalue weighted by Gasteiger charge is 2.13. The van der Waals surface area contributed by atoms with E-state index in [2.05, 4.69) is 24.7 Å². The Labute approximate surface area is 96.4 Å². The SMILES string of the molecule is CCOC(=O)Oc1nnc(-c2cccnc2)o1. The number of rotatable bonds is 3. The minimum atomic E-state index is -0.881. The van der Waals surface area contributed by atoms with Crippen molar-refractivity contribution in [2.75, 3.05) is 6.61 Å². The molecule has 17 heavy (non-hydrogen) atoms. The number of aromatic nitrogens is 3. The molecule has 0 saturated carbocycles. The van der Waals surface area contributed by atoms with E-state index in [0.29, 0.717) is 5.56 Å². The van der Waals surface area contributed by atoms with Crippen LogP contribution in [0, 0.1) is 0 Å². The van der Waals surface area contributed by atoms with Crippen molar-refractivity contribution in [3.05, 3.63) is 24.5 Å². The Bertz CT molecular complexity index is 497. The molecule has 0 bridgehead atoms. The third-order valence-corrected chi connectivity index (χ3v) is 1.75. The van der Waals surface area contributed by atoms with Crippen molar-refractivity contribution < 1.29 is 18.7 Å². The zero-order valence-electron chi connectivity index (χ0n) is 8.99. The average molecular weight is 235 g/mol. The minimum Gasteiger partial charge on any atom is -0.434 e. The maximum absolute atomic E-state index is 11.0. The lowest BCUT2D eigenvalue weighted by Gasteiger charge is -1.97. The van der Waals surface area contributed by atoms with Crippen LogP contribution in [-0.4, -0.2) is 27.9 Å². The lowest BCUT2D eigenvalue weighted by molar-refractivity contribution is 0.0928. The van der Waals surface area contributed by atoms with Crippen molar-refractivity contribution in [1.29, 1.82) is 0 Å². The number of ether oxygens (including phenoxy) is 2. The van der Waals surface area contributed by atoms with E-state index in [1.165, 1.54) is 0 Å². The molecule has 0 spiro atoms. The number of hydrogen-bond acceptors (Lipinski definition) is 7. The summed E-state index contributed by atoms with van der Waals surface area (Å²) in [5, 5.41) is 7.26. The molecule has 0 radical (unpaired) electrons. The topological polar surface area (TPSA) is 87.3 Å². The van der Waals surface area contributed by atoms with Crippen LogP contribution < -0.4 is 4.74 Å². The van der Waals surface area contributed by atoms with Crippen molar-refractivity contribution in [3.63, 3.8) is 0 Å². The Morgan fingerprint density at radius 1 is 1.47 bits per heavy atom. The average Bonchev–Trinajstić information content (AvgIpc) is 2.79. The standard InChI is InChI=1S/C10H9N3O4/c1-2-15-10(14)17-9-13-12-8(16-9)7-4-3-5-11-6-7/h3-6H,2H2,1H3. The quantitative estimate of drug-likeness (QED) is 0.747. The van der Waals surface area contributed by atoms with E-state index >= 15 is 0 Å². The van der Waals surface area contributed by atoms with Crippen LogP contribution in [0.1, 0.15) is 6.92 Å². The van der Waals surface area contributed by atoms with E-state index < -0.39 is 6.16 Å². The van der Waals surface area contributed by atoms with Gasteiger partial charge in [0.25, 0.3) is 5.89 Å². The van der Waals surface area contributed by atoms with Crippen LogP contribution >= 0.6 is 0 Å². The third-order valence-electron chi connectivity index (χ3n) is 1.75. The maximum atomic E-state index is 11.0. The van der Waals surface area contributed by atoms with E-state index in [-0.39, 0.29) is 18.6 Å². The van der Waals surface area contributed by atoms with Gasteiger partial charge in [0.1, 0.15) is 0 Å². The molecule has 7 nitrogen and oxygen atoms in total. The molecule has 0 N–H and O–H groups in total. The largest absolute Gasteiger partial charge is 0.517 e. The Balaban J connectivity index is 2.09. The maximum Gasteiger partial charge on any atom is 0.517 e. The molecule has 0 atom stereocenters. The Kier molecular flexibility index (Phi) is 3.29. The summed E-state index contributed by atoms with van der Waals surface area (Å²) in [6.07, 6.45) is 2.04. The monoisotopic (exact) mass is 235 g/mol. The summed E-state index contributed by atoms with van der Waals surface area (Å²) in [5.41, 5.74) is 0.638. The second-order valence-corrected chi connectivity index (χ2v) is 2.90. The first-order valence-electron chi connectivity index (χ1n) is 4.88. The van der Waals surface area contributed by atoms with Crippen molar-refractivity contribution in [1.82, 2.24) is 15.2 Å². The summed E-state index contributed by atoms with van der Waals surface area (Å²) in [5.74, 6) is 0.220. The van der Waals surface area contributed by atoms with E-state index in [9.17, 15) is 4.79 Å². The molecule has 0 fully saturated rings. The highest BCUT2D eigenvalue weighted by molar-refractivity contribution is 5.62. The van der Waals surface area contributed by atoms with Gasteiger partial charge in [-0.1, -0.05) is 5.10 Å². The number of carbonyl (C=O) groups excluding carboxylic acids is 1. The molecular formula is C10H9N3O4. The van der Waals surface area contributed by atoms with Crippen molar-refractivity contribution in [3.8, 4) is 17.5 Å². The fraction of sp³-hybridized carbons (Fsp3) is 0.200. The summed E-state index contributed by atoms with van der Waals surface area (Å²) in [6.45, 7) is 1.87. The summed E-state index contributed by atoms with van der Waals surface area (Å²) < 4.78 is 14.3. The van der Waals surface area contributed by atoms with Crippen molar-refractivity contribution >= 4 is 6.16 Å². The molecule has 0 saturated heterocycles. The summed E-state index contributed by atoms with van der Waals surface area (Å²) >= 11 is 0. The zero-order chi connectivity index (χ0) is 12.1. The molecule has 0 aliphatic carbocycles. The predicted octanol–water partition coefficient (Wildman–Crippen LogP) is 1.67. The van der Waals surface area contributed by atoms with Gasteiger partial charge in [0.15, 0.2) is 0 Å². The third kappa shape index (κ3) is 2.77. The van der Waals surface area contributed by atoms with Gasteiger partial charge in [0.05, 0.1) is 12.2 Å². The molecule has 88 valence electrons. The van der Waals surface area contributed by atoms with Crippen LogP contribution in [0.3, 0.4) is 0 Å².